The molecular weight excluding hydrogens is 270 g/mol. The highest BCUT2D eigenvalue weighted by atomic mass is 19.1. The van der Waals surface area contributed by atoms with Gasteiger partial charge in [-0.1, -0.05) is 6.92 Å². The average molecular weight is 286 g/mol. The second kappa shape index (κ2) is 6.83. The zero-order chi connectivity index (χ0) is 15.3. The summed E-state index contributed by atoms with van der Waals surface area (Å²) in [5, 5.41) is 4.78. The molecule has 1 rings (SSSR count). The van der Waals surface area contributed by atoms with Crippen LogP contribution in [0.5, 0.6) is 0 Å². The van der Waals surface area contributed by atoms with Crippen molar-refractivity contribution < 1.29 is 23.1 Å². The maximum absolute atomic E-state index is 13.5. The lowest BCUT2D eigenvalue weighted by Crippen LogP contribution is -2.35. The van der Waals surface area contributed by atoms with E-state index in [9.17, 15) is 18.4 Å². The monoisotopic (exact) mass is 286 g/mol. The lowest BCUT2D eigenvalue weighted by atomic mass is 10.2. The minimum atomic E-state index is -1.05. The van der Waals surface area contributed by atoms with Crippen LogP contribution >= 0.6 is 0 Å². The summed E-state index contributed by atoms with van der Waals surface area (Å²) >= 11 is 0. The van der Waals surface area contributed by atoms with Crippen molar-refractivity contribution in [2.45, 2.75) is 26.3 Å². The third kappa shape index (κ3) is 3.91. The van der Waals surface area contributed by atoms with Crippen molar-refractivity contribution >= 4 is 17.7 Å². The van der Waals surface area contributed by atoms with E-state index < -0.39 is 29.2 Å². The summed E-state index contributed by atoms with van der Waals surface area (Å²) in [6.07, 6.45) is 0.701. The van der Waals surface area contributed by atoms with E-state index in [0.29, 0.717) is 12.5 Å². The van der Waals surface area contributed by atoms with E-state index in [4.69, 9.17) is 0 Å². The average Bonchev–Trinajstić information content (AvgIpc) is 2.40. The Morgan fingerprint density at radius 3 is 2.50 bits per heavy atom. The Kier molecular flexibility index (Phi) is 5.42. The minimum absolute atomic E-state index is 0.0985. The third-order valence-corrected chi connectivity index (χ3v) is 2.70. The number of halogens is 2. The van der Waals surface area contributed by atoms with Crippen LogP contribution in [0.25, 0.3) is 0 Å². The van der Waals surface area contributed by atoms with E-state index in [1.54, 1.807) is 6.92 Å². The Morgan fingerprint density at radius 1 is 1.30 bits per heavy atom. The van der Waals surface area contributed by atoms with Crippen LogP contribution in [0.4, 0.5) is 19.3 Å². The quantitative estimate of drug-likeness (QED) is 0.836. The van der Waals surface area contributed by atoms with E-state index >= 15 is 0 Å². The summed E-state index contributed by atoms with van der Waals surface area (Å²) in [4.78, 5) is 22.9. The lowest BCUT2D eigenvalue weighted by molar-refractivity contribution is 0.0595. The van der Waals surface area contributed by atoms with Crippen LogP contribution in [0, 0.1) is 11.6 Å². The largest absolute Gasteiger partial charge is 0.465 e. The first kappa shape index (κ1) is 15.9. The molecule has 0 spiro atoms. The molecule has 5 nitrogen and oxygen atoms in total. The van der Waals surface area contributed by atoms with Crippen molar-refractivity contribution in [3.63, 3.8) is 0 Å². The fourth-order valence-corrected chi connectivity index (χ4v) is 1.40. The zero-order valence-electron chi connectivity index (χ0n) is 11.4. The number of hydrogen-bond acceptors (Lipinski definition) is 3. The van der Waals surface area contributed by atoms with Gasteiger partial charge in [-0.25, -0.2) is 18.4 Å². The predicted octanol–water partition coefficient (Wildman–Crippen LogP) is 2.67. The van der Waals surface area contributed by atoms with Crippen LogP contribution in [0.1, 0.15) is 30.6 Å². The molecule has 1 aromatic rings. The number of esters is 1. The Balaban J connectivity index is 2.95. The minimum Gasteiger partial charge on any atom is -0.465 e. The fraction of sp³-hybridized carbons (Fsp3) is 0.385. The van der Waals surface area contributed by atoms with Crippen molar-refractivity contribution in [2.24, 2.45) is 0 Å². The fourth-order valence-electron chi connectivity index (χ4n) is 1.40. The first-order valence-electron chi connectivity index (χ1n) is 6.03. The number of carbonyl (C=O) groups excluding carboxylic acids is 2. The molecule has 0 saturated carbocycles. The summed E-state index contributed by atoms with van der Waals surface area (Å²) in [5.41, 5.74) is -0.750. The lowest BCUT2D eigenvalue weighted by Gasteiger charge is -2.13. The number of anilines is 1. The number of methoxy groups -OCH3 is 1. The van der Waals surface area contributed by atoms with E-state index in [-0.39, 0.29) is 11.7 Å². The Labute approximate surface area is 115 Å². The molecule has 110 valence electrons. The molecule has 2 N–H and O–H groups in total. The number of benzene rings is 1. The van der Waals surface area contributed by atoms with Gasteiger partial charge in [-0.15, -0.1) is 0 Å². The number of carbonyl (C=O) groups is 2. The van der Waals surface area contributed by atoms with Gasteiger partial charge in [0.05, 0.1) is 18.4 Å². The highest BCUT2D eigenvalue weighted by molar-refractivity contribution is 5.94. The van der Waals surface area contributed by atoms with Crippen molar-refractivity contribution in [3.05, 3.63) is 29.3 Å². The summed E-state index contributed by atoms with van der Waals surface area (Å²) in [5.74, 6) is -2.98. The molecule has 0 fully saturated rings. The van der Waals surface area contributed by atoms with E-state index in [2.05, 4.69) is 15.4 Å². The van der Waals surface area contributed by atoms with Gasteiger partial charge in [0.25, 0.3) is 0 Å². The molecule has 0 radical (unpaired) electrons. The van der Waals surface area contributed by atoms with Crippen LogP contribution in [-0.4, -0.2) is 25.2 Å². The molecule has 0 aliphatic rings. The summed E-state index contributed by atoms with van der Waals surface area (Å²) < 4.78 is 31.3. The molecule has 1 aromatic carbocycles. The Morgan fingerprint density at radius 2 is 1.95 bits per heavy atom. The molecule has 0 unspecified atom stereocenters. The Hall–Kier alpha value is -2.18. The molecule has 7 heteroatoms. The van der Waals surface area contributed by atoms with Gasteiger partial charge in [-0.05, 0) is 19.4 Å². The molecule has 2 amide bonds. The molecule has 0 saturated heterocycles. The normalized spacial score (nSPS) is 11.7. The van der Waals surface area contributed by atoms with Crippen LogP contribution in [0.2, 0.25) is 0 Å². The number of nitrogens with one attached hydrogen (secondary N) is 2. The topological polar surface area (TPSA) is 67.4 Å². The van der Waals surface area contributed by atoms with Crippen molar-refractivity contribution in [3.8, 4) is 0 Å². The highest BCUT2D eigenvalue weighted by Gasteiger charge is 2.18. The highest BCUT2D eigenvalue weighted by Crippen LogP contribution is 2.20. The maximum Gasteiger partial charge on any atom is 0.340 e. The smallest absolute Gasteiger partial charge is 0.340 e. The van der Waals surface area contributed by atoms with Crippen molar-refractivity contribution in [1.29, 1.82) is 0 Å². The molecular formula is C13H16F2N2O3. The molecule has 20 heavy (non-hydrogen) atoms. The summed E-state index contributed by atoms with van der Waals surface area (Å²) in [6.45, 7) is 3.65. The van der Waals surface area contributed by atoms with E-state index in [1.807, 2.05) is 6.92 Å². The van der Waals surface area contributed by atoms with Crippen molar-refractivity contribution in [1.82, 2.24) is 5.32 Å². The third-order valence-electron chi connectivity index (χ3n) is 2.70. The molecule has 0 aliphatic carbocycles. The van der Waals surface area contributed by atoms with Crippen LogP contribution < -0.4 is 10.6 Å². The van der Waals surface area contributed by atoms with Gasteiger partial charge in [0.15, 0.2) is 0 Å². The Bertz CT molecular complexity index is 521. The van der Waals surface area contributed by atoms with Gasteiger partial charge in [0.1, 0.15) is 11.6 Å². The number of ether oxygens (including phenoxy) is 1. The predicted molar refractivity (Wildman–Crippen MR) is 69.6 cm³/mol. The number of amides is 2. The van der Waals surface area contributed by atoms with E-state index in [1.165, 1.54) is 0 Å². The number of hydrogen-bond donors (Lipinski definition) is 2. The molecule has 0 aliphatic heterocycles. The van der Waals surface area contributed by atoms with E-state index in [0.717, 1.165) is 13.2 Å². The standard InChI is InChI=1S/C13H16F2N2O3/c1-4-7(2)16-13(19)17-11-5-8(12(18)20-3)9(14)6-10(11)15/h5-7H,4H2,1-3H3,(H2,16,17,19)/t7-/m0/s1. The zero-order valence-corrected chi connectivity index (χ0v) is 11.4. The van der Waals surface area contributed by atoms with Gasteiger partial charge >= 0.3 is 12.0 Å². The van der Waals surface area contributed by atoms with Crippen LogP contribution in [-0.2, 0) is 4.74 Å². The second-order valence-electron chi connectivity index (χ2n) is 4.21. The van der Waals surface area contributed by atoms with Gasteiger partial charge in [-0.2, -0.15) is 0 Å². The van der Waals surface area contributed by atoms with Crippen molar-refractivity contribution in [2.75, 3.05) is 12.4 Å². The number of urea groups is 1. The van der Waals surface area contributed by atoms with Gasteiger partial charge < -0.3 is 15.4 Å². The molecule has 0 bridgehead atoms. The van der Waals surface area contributed by atoms with Crippen LogP contribution in [0.3, 0.4) is 0 Å². The van der Waals surface area contributed by atoms with Crippen LogP contribution in [0.15, 0.2) is 12.1 Å². The number of rotatable bonds is 4. The second-order valence-corrected chi connectivity index (χ2v) is 4.21. The maximum atomic E-state index is 13.5. The molecule has 1 atom stereocenters. The van der Waals surface area contributed by atoms with Gasteiger partial charge in [-0.3, -0.25) is 0 Å². The summed E-state index contributed by atoms with van der Waals surface area (Å²) in [6, 6.07) is 0.678. The summed E-state index contributed by atoms with van der Waals surface area (Å²) in [7, 11) is 1.08. The SMILES string of the molecule is CC[C@H](C)NC(=O)Nc1cc(C(=O)OC)c(F)cc1F. The van der Waals surface area contributed by atoms with Gasteiger partial charge in [0.2, 0.25) is 0 Å². The van der Waals surface area contributed by atoms with Gasteiger partial charge in [0, 0.05) is 12.1 Å². The molecule has 0 heterocycles. The first-order chi connectivity index (χ1) is 9.38. The molecule has 0 aromatic heterocycles. The first-order valence-corrected chi connectivity index (χ1v) is 6.03.